The molecular weight excluding hydrogens is 188 g/mol. The largest absolute Gasteiger partial charge is 0.370 e. The van der Waals surface area contributed by atoms with Crippen LogP contribution in [0.4, 0.5) is 0 Å². The van der Waals surface area contributed by atoms with E-state index in [2.05, 4.69) is 17.9 Å². The Morgan fingerprint density at radius 2 is 2.15 bits per heavy atom. The Hall–Kier alpha value is -0.750. The molecule has 0 aliphatic heterocycles. The molecule has 0 heterocycles. The first-order chi connectivity index (χ1) is 6.04. The van der Waals surface area contributed by atoms with Crippen LogP contribution in [0, 0.1) is 5.41 Å². The molecule has 6 N–H and O–H groups in total. The second kappa shape index (κ2) is 6.73. The van der Waals surface area contributed by atoms with Gasteiger partial charge in [0, 0.05) is 6.54 Å². The van der Waals surface area contributed by atoms with E-state index in [4.69, 9.17) is 16.9 Å². The van der Waals surface area contributed by atoms with Gasteiger partial charge in [0.1, 0.15) is 0 Å². The Balaban J connectivity index is 3.26. The van der Waals surface area contributed by atoms with Gasteiger partial charge in [-0.2, -0.15) is 0 Å². The van der Waals surface area contributed by atoms with Crippen LogP contribution >= 0.6 is 12.6 Å². The normalized spacial score (nSPS) is 12.2. The number of hydrogen-bond acceptors (Lipinski definition) is 3. The Morgan fingerprint density at radius 1 is 1.54 bits per heavy atom. The van der Waals surface area contributed by atoms with Crippen LogP contribution in [0.5, 0.6) is 0 Å². The van der Waals surface area contributed by atoms with E-state index in [1.165, 1.54) is 0 Å². The first-order valence-electron chi connectivity index (χ1n) is 4.10. The number of nitrogens with one attached hydrogen (secondary N) is 2. The molecule has 13 heavy (non-hydrogen) atoms. The van der Waals surface area contributed by atoms with Crippen molar-refractivity contribution in [3.63, 3.8) is 0 Å². The summed E-state index contributed by atoms with van der Waals surface area (Å²) < 4.78 is 0. The molecule has 0 aliphatic carbocycles. The van der Waals surface area contributed by atoms with Crippen LogP contribution in [0.2, 0.25) is 0 Å². The lowest BCUT2D eigenvalue weighted by molar-refractivity contribution is -0.112. The smallest absolute Gasteiger partial charge is 0.202 e. The number of unbranched alkanes of at least 4 members (excludes halogenated alkanes) is 1. The number of carbonyl (C=O) groups excluding carboxylic acids is 1. The van der Waals surface area contributed by atoms with Crippen molar-refractivity contribution in [3.05, 3.63) is 0 Å². The number of nitrogens with two attached hydrogens (primary N) is 2. The highest BCUT2D eigenvalue weighted by Crippen LogP contribution is 2.00. The topological polar surface area (TPSA) is 105 Å². The van der Waals surface area contributed by atoms with Crippen LogP contribution < -0.4 is 16.8 Å². The maximum absolute atomic E-state index is 10.6. The molecule has 0 aromatic heterocycles. The van der Waals surface area contributed by atoms with E-state index in [1.807, 2.05) is 0 Å². The van der Waals surface area contributed by atoms with Gasteiger partial charge in [-0.25, -0.2) is 0 Å². The molecular formula is C7H16N4OS. The van der Waals surface area contributed by atoms with Gasteiger partial charge in [0.25, 0.3) is 0 Å². The Kier molecular flexibility index (Phi) is 6.34. The average molecular weight is 204 g/mol. The molecule has 0 aromatic carbocycles. The molecule has 6 heteroatoms. The fraction of sp³-hybridized carbons (Fsp3) is 0.714. The van der Waals surface area contributed by atoms with Gasteiger partial charge in [0.2, 0.25) is 5.12 Å². The Bertz CT molecular complexity index is 185. The molecule has 0 saturated heterocycles. The lowest BCUT2D eigenvalue weighted by Gasteiger charge is -2.06. The average Bonchev–Trinajstić information content (AvgIpc) is 2.02. The first-order valence-corrected chi connectivity index (χ1v) is 4.55. The van der Waals surface area contributed by atoms with Crippen molar-refractivity contribution in [3.8, 4) is 0 Å². The molecule has 0 saturated carbocycles. The summed E-state index contributed by atoms with van der Waals surface area (Å²) in [5, 5.41) is 9.24. The third-order valence-electron chi connectivity index (χ3n) is 1.57. The van der Waals surface area contributed by atoms with Crippen molar-refractivity contribution in [2.24, 2.45) is 11.5 Å². The van der Waals surface area contributed by atoms with Crippen LogP contribution in [0.25, 0.3) is 0 Å². The zero-order valence-electron chi connectivity index (χ0n) is 7.42. The van der Waals surface area contributed by atoms with Crippen molar-refractivity contribution in [1.29, 1.82) is 5.41 Å². The summed E-state index contributed by atoms with van der Waals surface area (Å²) in [6, 6.07) is -0.472. The summed E-state index contributed by atoms with van der Waals surface area (Å²) in [5.41, 5.74) is 10.5. The van der Waals surface area contributed by atoms with E-state index in [-0.39, 0.29) is 11.1 Å². The van der Waals surface area contributed by atoms with Crippen LogP contribution in [-0.2, 0) is 4.79 Å². The predicted octanol–water partition coefficient (Wildman–Crippen LogP) is -0.577. The molecule has 0 fully saturated rings. The highest BCUT2D eigenvalue weighted by atomic mass is 32.1. The molecule has 0 aliphatic rings. The first kappa shape index (κ1) is 12.2. The summed E-state index contributed by atoms with van der Waals surface area (Å²) >= 11 is 3.62. The molecule has 76 valence electrons. The van der Waals surface area contributed by atoms with E-state index in [0.717, 1.165) is 12.8 Å². The number of thiol groups is 1. The standard InChI is InChI=1S/C7H16N4OS/c8-5(6(12)13)3-1-2-4-11-7(9)10/h5H,1-4,8H2,(H,12,13)(H4,9,10,11)/t5-/m1/s1. The van der Waals surface area contributed by atoms with E-state index < -0.39 is 6.04 Å². The third kappa shape index (κ3) is 7.61. The van der Waals surface area contributed by atoms with Crippen molar-refractivity contribution >= 4 is 23.7 Å². The number of carbonyl (C=O) groups is 1. The number of rotatable bonds is 6. The second-order valence-corrected chi connectivity index (χ2v) is 3.22. The van der Waals surface area contributed by atoms with Gasteiger partial charge < -0.3 is 16.8 Å². The molecule has 5 nitrogen and oxygen atoms in total. The molecule has 0 radical (unpaired) electrons. The van der Waals surface area contributed by atoms with E-state index in [1.54, 1.807) is 0 Å². The molecule has 0 spiro atoms. The van der Waals surface area contributed by atoms with Crippen molar-refractivity contribution < 1.29 is 4.79 Å². The van der Waals surface area contributed by atoms with Crippen molar-refractivity contribution in [2.45, 2.75) is 25.3 Å². The monoisotopic (exact) mass is 204 g/mol. The second-order valence-electron chi connectivity index (χ2n) is 2.78. The summed E-state index contributed by atoms with van der Waals surface area (Å²) in [7, 11) is 0. The molecule has 1 atom stereocenters. The molecule has 0 aromatic rings. The molecule has 0 unspecified atom stereocenters. The lowest BCUT2D eigenvalue weighted by Crippen LogP contribution is -2.31. The molecule has 0 bridgehead atoms. The van der Waals surface area contributed by atoms with Crippen LogP contribution in [0.3, 0.4) is 0 Å². The van der Waals surface area contributed by atoms with Crippen LogP contribution in [0.1, 0.15) is 19.3 Å². The van der Waals surface area contributed by atoms with Gasteiger partial charge >= 0.3 is 0 Å². The number of hydrogen-bond donors (Lipinski definition) is 5. The summed E-state index contributed by atoms with van der Waals surface area (Å²) in [4.78, 5) is 10.6. The summed E-state index contributed by atoms with van der Waals surface area (Å²) in [6.07, 6.45) is 2.30. The minimum atomic E-state index is -0.472. The van der Waals surface area contributed by atoms with Gasteiger partial charge in [-0.3, -0.25) is 10.2 Å². The van der Waals surface area contributed by atoms with Crippen molar-refractivity contribution in [1.82, 2.24) is 5.32 Å². The minimum absolute atomic E-state index is 0.0328. The van der Waals surface area contributed by atoms with E-state index >= 15 is 0 Å². The molecule has 0 amide bonds. The zero-order chi connectivity index (χ0) is 10.3. The lowest BCUT2D eigenvalue weighted by atomic mass is 10.1. The fourth-order valence-electron chi connectivity index (χ4n) is 0.836. The molecule has 0 rings (SSSR count). The third-order valence-corrected chi connectivity index (χ3v) is 1.91. The van der Waals surface area contributed by atoms with Crippen LogP contribution in [0.15, 0.2) is 0 Å². The Morgan fingerprint density at radius 3 is 2.62 bits per heavy atom. The van der Waals surface area contributed by atoms with Gasteiger partial charge in [0.05, 0.1) is 6.04 Å². The maximum Gasteiger partial charge on any atom is 0.202 e. The van der Waals surface area contributed by atoms with Gasteiger partial charge in [-0.05, 0) is 19.3 Å². The van der Waals surface area contributed by atoms with E-state index in [9.17, 15) is 4.79 Å². The fourth-order valence-corrected chi connectivity index (χ4v) is 0.965. The summed E-state index contributed by atoms with van der Waals surface area (Å²) in [6.45, 7) is 0.642. The SMILES string of the molecule is N=C(N)NCCCC[C@@H](N)C(=O)S. The van der Waals surface area contributed by atoms with Crippen LogP contribution in [-0.4, -0.2) is 23.7 Å². The van der Waals surface area contributed by atoms with Gasteiger partial charge in [-0.1, -0.05) is 0 Å². The quantitative estimate of drug-likeness (QED) is 0.173. The predicted molar refractivity (Wildman–Crippen MR) is 55.7 cm³/mol. The van der Waals surface area contributed by atoms with Gasteiger partial charge in [0.15, 0.2) is 5.96 Å². The number of guanidine groups is 1. The summed E-state index contributed by atoms with van der Waals surface area (Å²) in [5.74, 6) is -0.0328. The highest BCUT2D eigenvalue weighted by Gasteiger charge is 2.07. The Labute approximate surface area is 83.2 Å². The minimum Gasteiger partial charge on any atom is -0.370 e. The van der Waals surface area contributed by atoms with E-state index in [0.29, 0.717) is 13.0 Å². The highest BCUT2D eigenvalue weighted by molar-refractivity contribution is 7.96. The maximum atomic E-state index is 10.6. The van der Waals surface area contributed by atoms with Gasteiger partial charge in [-0.15, -0.1) is 12.6 Å². The zero-order valence-corrected chi connectivity index (χ0v) is 8.31. The van der Waals surface area contributed by atoms with Crippen molar-refractivity contribution in [2.75, 3.05) is 6.54 Å².